The van der Waals surface area contributed by atoms with E-state index in [-0.39, 0.29) is 0 Å². The zero-order valence-electron chi connectivity index (χ0n) is 71.8. The minimum Gasteiger partial charge on any atom is -0.345 e. The van der Waals surface area contributed by atoms with Crippen molar-refractivity contribution in [2.75, 3.05) is 50.5 Å². The normalized spacial score (nSPS) is 11.2. The first-order valence-corrected chi connectivity index (χ1v) is 43.6. The average Bonchev–Trinajstić information content (AvgIpc) is 0.714. The Morgan fingerprint density at radius 2 is 0.402 bits per heavy atom. The highest BCUT2D eigenvalue weighted by Crippen LogP contribution is 2.47. The van der Waals surface area contributed by atoms with Gasteiger partial charge in [-0.1, -0.05) is 309 Å². The van der Waals surface area contributed by atoms with E-state index in [1.54, 1.807) is 0 Å². The smallest absolute Gasteiger partial charge is 0.0488 e. The molecule has 0 radical (unpaired) electrons. The maximum atomic E-state index is 2.33. The Balaban J connectivity index is 0.000000122. The van der Waals surface area contributed by atoms with Gasteiger partial charge in [0.2, 0.25) is 0 Å². The van der Waals surface area contributed by atoms with Crippen LogP contribution in [0.5, 0.6) is 0 Å². The first-order chi connectivity index (χ1) is 62.5. The van der Waals surface area contributed by atoms with Crippen LogP contribution in [0.1, 0.15) is 11.1 Å². The molecule has 22 rings (SSSR count). The Labute approximate surface area is 743 Å². The number of rotatable bonds is 18. The summed E-state index contributed by atoms with van der Waals surface area (Å²) in [5.74, 6) is 0. The molecule has 0 heterocycles. The van der Waals surface area contributed by atoms with E-state index in [9.17, 15) is 0 Å². The van der Waals surface area contributed by atoms with E-state index in [0.29, 0.717) is 0 Å². The van der Waals surface area contributed by atoms with Gasteiger partial charge in [0.1, 0.15) is 0 Å². The van der Waals surface area contributed by atoms with Gasteiger partial charge < -0.3 is 29.4 Å². The van der Waals surface area contributed by atoms with Crippen LogP contribution in [0.25, 0.3) is 109 Å². The molecule has 0 spiro atoms. The van der Waals surface area contributed by atoms with Crippen LogP contribution in [0, 0.1) is 13.8 Å². The lowest BCUT2D eigenvalue weighted by molar-refractivity contribution is 1.20. The third-order valence-corrected chi connectivity index (χ3v) is 24.8. The van der Waals surface area contributed by atoms with Crippen LogP contribution in [0.2, 0.25) is 0 Å². The first kappa shape index (κ1) is 79.2. The molecular weight excluding hydrogens is 1540 g/mol. The van der Waals surface area contributed by atoms with Gasteiger partial charge in [0, 0.05) is 112 Å². The zero-order valence-corrected chi connectivity index (χ0v) is 71.8. The molecule has 127 heavy (non-hydrogen) atoms. The number of hydrogen-bond donors (Lipinski definition) is 0. The van der Waals surface area contributed by atoms with Crippen LogP contribution < -0.4 is 29.4 Å². The van der Waals surface area contributed by atoms with E-state index in [1.807, 2.05) is 0 Å². The summed E-state index contributed by atoms with van der Waals surface area (Å²) in [6.45, 7) is 4.24. The fourth-order valence-corrected chi connectivity index (χ4v) is 18.0. The van der Waals surface area contributed by atoms with Gasteiger partial charge in [-0.15, -0.1) is 0 Å². The molecule has 0 fully saturated rings. The number of fused-ring (bicyclic) bond motifs is 5. The quantitative estimate of drug-likeness (QED) is 0.0625. The van der Waals surface area contributed by atoms with Crippen LogP contribution >= 0.6 is 0 Å². The third-order valence-electron chi connectivity index (χ3n) is 24.8. The highest BCUT2D eigenvalue weighted by atomic mass is 15.2. The van der Waals surface area contributed by atoms with Crippen molar-refractivity contribution in [2.24, 2.45) is 0 Å². The summed E-state index contributed by atoms with van der Waals surface area (Å²) in [5, 5.41) is 17.9. The summed E-state index contributed by atoms with van der Waals surface area (Å²) in [7, 11) is 6.40. The van der Waals surface area contributed by atoms with Crippen molar-refractivity contribution < 1.29 is 0 Å². The summed E-state index contributed by atoms with van der Waals surface area (Å²) in [4.78, 5) is 13.7. The SMILES string of the molecule is CN(c1ccc(-c2ccc(N(c3ccccc3)c3ccc4ccccc4c3)cc2)cc1)c1ccc2c3cccc4cccc(c5cccc1c52)c43.Cc1ccc(N(C)c2ccc(-c3ccc(N(c4ccccc4)c4ccc5ccccc5c4)cc3)cc2)cc1.Cc1cccc(N(C)c2ccc(-c3ccc(N(c4ccccc4)c4ccc5ccccc5c4)cc3)cc2)c1. The molecule has 22 aromatic carbocycles. The molecule has 608 valence electrons. The summed E-state index contributed by atoms with van der Waals surface area (Å²) < 4.78 is 0. The molecule has 0 unspecified atom stereocenters. The predicted molar refractivity (Wildman–Crippen MR) is 546 cm³/mol. The van der Waals surface area contributed by atoms with E-state index in [4.69, 9.17) is 0 Å². The van der Waals surface area contributed by atoms with Crippen LogP contribution in [-0.2, 0) is 0 Å². The molecule has 0 bridgehead atoms. The Morgan fingerprint density at radius 3 is 0.772 bits per heavy atom. The van der Waals surface area contributed by atoms with E-state index < -0.39 is 0 Å². The monoisotopic (exact) mass is 1630 g/mol. The Hall–Kier alpha value is -16.3. The van der Waals surface area contributed by atoms with Gasteiger partial charge in [-0.25, -0.2) is 0 Å². The van der Waals surface area contributed by atoms with Gasteiger partial charge in [-0.05, 0) is 299 Å². The summed E-state index contributed by atoms with van der Waals surface area (Å²) in [6, 6.07) is 172. The van der Waals surface area contributed by atoms with Gasteiger partial charge in [-0.2, -0.15) is 0 Å². The number of nitrogens with zero attached hydrogens (tertiary/aromatic N) is 6. The maximum absolute atomic E-state index is 2.33. The predicted octanol–water partition coefficient (Wildman–Crippen LogP) is 33.9. The van der Waals surface area contributed by atoms with E-state index in [0.717, 1.165) is 56.9 Å². The highest BCUT2D eigenvalue weighted by molar-refractivity contribution is 6.34. The number of hydrogen-bond acceptors (Lipinski definition) is 6. The molecule has 0 aromatic heterocycles. The summed E-state index contributed by atoms with van der Waals surface area (Å²) >= 11 is 0. The largest absolute Gasteiger partial charge is 0.345 e. The second kappa shape index (κ2) is 35.3. The minimum absolute atomic E-state index is 1.12. The first-order valence-electron chi connectivity index (χ1n) is 43.6. The summed E-state index contributed by atoms with van der Waals surface area (Å²) in [5.41, 5.74) is 27.0. The fraction of sp³-hybridized carbons (Fsp3) is 0.0413. The highest BCUT2D eigenvalue weighted by Gasteiger charge is 2.21. The van der Waals surface area contributed by atoms with Gasteiger partial charge >= 0.3 is 0 Å². The molecule has 0 aliphatic rings. The van der Waals surface area contributed by atoms with Crippen molar-refractivity contribution >= 4 is 161 Å². The van der Waals surface area contributed by atoms with E-state index in [2.05, 4.69) is 544 Å². The third kappa shape index (κ3) is 16.4. The number of benzene rings is 22. The summed E-state index contributed by atoms with van der Waals surface area (Å²) in [6.07, 6.45) is 0. The van der Waals surface area contributed by atoms with Gasteiger partial charge in [-0.3, -0.25) is 0 Å². The zero-order chi connectivity index (χ0) is 85.7. The van der Waals surface area contributed by atoms with Gasteiger partial charge in [0.15, 0.2) is 0 Å². The lowest BCUT2D eigenvalue weighted by Gasteiger charge is -2.26. The number of anilines is 15. The Bertz CT molecular complexity index is 7550. The second-order valence-corrected chi connectivity index (χ2v) is 32.8. The molecule has 6 nitrogen and oxygen atoms in total. The van der Waals surface area contributed by atoms with Gasteiger partial charge in [0.25, 0.3) is 0 Å². The van der Waals surface area contributed by atoms with Crippen molar-refractivity contribution in [3.8, 4) is 33.4 Å². The topological polar surface area (TPSA) is 19.4 Å². The van der Waals surface area contributed by atoms with Crippen molar-refractivity contribution in [1.82, 2.24) is 0 Å². The molecule has 0 aliphatic heterocycles. The van der Waals surface area contributed by atoms with Crippen molar-refractivity contribution in [3.63, 3.8) is 0 Å². The van der Waals surface area contributed by atoms with Crippen molar-refractivity contribution in [3.05, 3.63) is 490 Å². The lowest BCUT2D eigenvalue weighted by atomic mass is 9.89. The molecule has 0 saturated carbocycles. The van der Waals surface area contributed by atoms with Crippen LogP contribution in [-0.4, -0.2) is 21.1 Å². The van der Waals surface area contributed by atoms with Crippen molar-refractivity contribution in [1.29, 1.82) is 0 Å². The lowest BCUT2D eigenvalue weighted by Crippen LogP contribution is -2.10. The fourth-order valence-electron chi connectivity index (χ4n) is 18.0. The molecule has 0 N–H and O–H groups in total. The Morgan fingerprint density at radius 1 is 0.142 bits per heavy atom. The van der Waals surface area contributed by atoms with Gasteiger partial charge in [0.05, 0.1) is 0 Å². The molecule has 6 heteroatoms. The molecular formula is C121H94N6. The van der Waals surface area contributed by atoms with Crippen molar-refractivity contribution in [2.45, 2.75) is 13.8 Å². The Kier molecular flexibility index (Phi) is 22.0. The average molecular weight is 1630 g/mol. The van der Waals surface area contributed by atoms with Crippen LogP contribution in [0.3, 0.4) is 0 Å². The molecule has 0 amide bonds. The number of aryl methyl sites for hydroxylation is 2. The van der Waals surface area contributed by atoms with Crippen LogP contribution in [0.15, 0.2) is 479 Å². The molecule has 22 aromatic rings. The second-order valence-electron chi connectivity index (χ2n) is 32.8. The molecule has 0 aliphatic carbocycles. The maximum Gasteiger partial charge on any atom is 0.0488 e. The standard InChI is InChI=1S/C49H34N2.2C36H30N2/c1-50(47-31-30-45-43-17-8-13-36-12-7-16-42(48(36)43)44-18-9-19-46(47)49(44)45)38-25-20-34(21-26-38)35-22-27-40(28-23-35)51(39-14-3-2-4-15-39)41-29-24-33-10-5-6-11-37(33)32-41;1-27-9-8-14-35(25-27)37(2)32-20-15-29(16-21-32)30-17-22-34(23-18-30)38(33-12-4-3-5-13-33)36-24-19-28-10-6-7-11-31(28)26-36;1-27-12-19-32(20-13-27)37(2)33-21-14-29(15-22-33)30-16-23-35(24-17-30)38(34-10-4-3-5-11-34)36-25-18-28-8-6-7-9-31(28)26-36/h2-32H,1H3;2*3-26H,1-2H3. The molecule has 0 atom stereocenters. The van der Waals surface area contributed by atoms with Crippen LogP contribution in [0.4, 0.5) is 85.3 Å². The minimum atomic E-state index is 1.12. The van der Waals surface area contributed by atoms with E-state index >= 15 is 0 Å². The molecule has 0 saturated heterocycles. The van der Waals surface area contributed by atoms with E-state index in [1.165, 1.54) is 148 Å². The number of para-hydroxylation sites is 3.